The molecular weight excluding hydrogens is 406 g/mol. The molecule has 2 aliphatic heterocycles. The van der Waals surface area contributed by atoms with Gasteiger partial charge in [-0.1, -0.05) is 6.07 Å². The van der Waals surface area contributed by atoms with Crippen LogP contribution in [-0.4, -0.2) is 42.4 Å². The van der Waals surface area contributed by atoms with Gasteiger partial charge in [0.25, 0.3) is 5.91 Å². The summed E-state index contributed by atoms with van der Waals surface area (Å²) in [5.74, 6) is -2.16. The van der Waals surface area contributed by atoms with E-state index in [0.29, 0.717) is 16.9 Å². The number of anilines is 2. The first kappa shape index (κ1) is 20.5. The van der Waals surface area contributed by atoms with E-state index in [9.17, 15) is 23.2 Å². The largest absolute Gasteiger partial charge is 0.369 e. The van der Waals surface area contributed by atoms with E-state index >= 15 is 0 Å². The van der Waals surface area contributed by atoms with Crippen LogP contribution in [-0.2, 0) is 9.59 Å². The molecule has 2 saturated heterocycles. The third kappa shape index (κ3) is 4.55. The molecule has 2 aromatic rings. The Labute approximate surface area is 177 Å². The van der Waals surface area contributed by atoms with E-state index in [1.165, 1.54) is 36.4 Å². The summed E-state index contributed by atoms with van der Waals surface area (Å²) in [4.78, 5) is 39.6. The number of imide groups is 1. The second kappa shape index (κ2) is 8.55. The second-order valence-corrected chi connectivity index (χ2v) is 7.34. The fourth-order valence-electron chi connectivity index (χ4n) is 3.59. The molecule has 0 spiro atoms. The summed E-state index contributed by atoms with van der Waals surface area (Å²) < 4.78 is 27.5. The quantitative estimate of drug-likeness (QED) is 0.569. The molecule has 0 bridgehead atoms. The average molecular weight is 426 g/mol. The number of halogens is 2. The van der Waals surface area contributed by atoms with Gasteiger partial charge in [0.15, 0.2) is 0 Å². The fraction of sp³-hybridized carbons (Fsp3) is 0.227. The lowest BCUT2D eigenvalue weighted by Gasteiger charge is -2.18. The molecule has 2 heterocycles. The zero-order chi connectivity index (χ0) is 22.0. The van der Waals surface area contributed by atoms with Crippen LogP contribution >= 0.6 is 0 Å². The van der Waals surface area contributed by atoms with Gasteiger partial charge in [0, 0.05) is 18.8 Å². The number of hydrogen-bond donors (Lipinski definition) is 2. The Bertz CT molecular complexity index is 1060. The summed E-state index contributed by atoms with van der Waals surface area (Å²) in [6, 6.07) is 8.98. The van der Waals surface area contributed by atoms with Crippen molar-refractivity contribution in [3.8, 4) is 0 Å². The summed E-state index contributed by atoms with van der Waals surface area (Å²) in [7, 11) is 0. The fourth-order valence-corrected chi connectivity index (χ4v) is 3.59. The normalized spacial score (nSPS) is 17.4. The molecule has 0 atom stereocenters. The Hall–Kier alpha value is -3.75. The van der Waals surface area contributed by atoms with Crippen LogP contribution in [0.3, 0.4) is 0 Å². The van der Waals surface area contributed by atoms with Crippen molar-refractivity contribution in [1.29, 1.82) is 0 Å². The highest BCUT2D eigenvalue weighted by Gasteiger charge is 2.35. The van der Waals surface area contributed by atoms with Gasteiger partial charge in [-0.2, -0.15) is 0 Å². The third-order valence-corrected chi connectivity index (χ3v) is 5.12. The number of hydrogen-bond acceptors (Lipinski definition) is 4. The van der Waals surface area contributed by atoms with Crippen LogP contribution in [0.15, 0.2) is 48.2 Å². The molecule has 31 heavy (non-hydrogen) atoms. The van der Waals surface area contributed by atoms with Crippen molar-refractivity contribution in [3.05, 3.63) is 65.4 Å². The van der Waals surface area contributed by atoms with E-state index in [-0.39, 0.29) is 5.70 Å². The number of nitrogens with one attached hydrogen (secondary N) is 2. The third-order valence-electron chi connectivity index (χ3n) is 5.12. The Morgan fingerprint density at radius 1 is 1.06 bits per heavy atom. The van der Waals surface area contributed by atoms with Crippen LogP contribution in [0, 0.1) is 11.6 Å². The molecule has 0 unspecified atom stereocenters. The van der Waals surface area contributed by atoms with Crippen LogP contribution in [0.1, 0.15) is 18.4 Å². The molecule has 0 radical (unpaired) electrons. The van der Waals surface area contributed by atoms with E-state index < -0.39 is 36.0 Å². The van der Waals surface area contributed by atoms with Crippen molar-refractivity contribution < 1.29 is 23.2 Å². The van der Waals surface area contributed by atoms with Crippen LogP contribution in [0.4, 0.5) is 25.0 Å². The Morgan fingerprint density at radius 2 is 1.77 bits per heavy atom. The Balaban J connectivity index is 1.43. The zero-order valence-corrected chi connectivity index (χ0v) is 16.5. The van der Waals surface area contributed by atoms with Gasteiger partial charge in [0.2, 0.25) is 5.91 Å². The number of urea groups is 1. The molecule has 0 aliphatic carbocycles. The van der Waals surface area contributed by atoms with E-state index in [1.807, 2.05) is 4.90 Å². The minimum Gasteiger partial charge on any atom is -0.369 e. The average Bonchev–Trinajstić information content (AvgIpc) is 3.35. The zero-order valence-electron chi connectivity index (χ0n) is 16.5. The monoisotopic (exact) mass is 426 g/mol. The summed E-state index contributed by atoms with van der Waals surface area (Å²) in [6.45, 7) is 1.10. The molecule has 2 fully saturated rings. The number of nitrogens with zero attached hydrogens (tertiary/aromatic N) is 2. The van der Waals surface area contributed by atoms with Crippen molar-refractivity contribution >= 4 is 35.3 Å². The predicted molar refractivity (Wildman–Crippen MR) is 111 cm³/mol. The number of amides is 4. The SMILES string of the molecule is O=C(CN1C(=O)N/C(=C\c2ccc(N3CCCC3)c(F)c2)C1=O)Nc1ccc(F)cc1. The summed E-state index contributed by atoms with van der Waals surface area (Å²) in [5, 5.41) is 4.89. The molecule has 2 aliphatic rings. The van der Waals surface area contributed by atoms with E-state index in [0.717, 1.165) is 30.8 Å². The van der Waals surface area contributed by atoms with Gasteiger partial charge in [-0.25, -0.2) is 18.5 Å². The minimum atomic E-state index is -0.750. The first-order valence-electron chi connectivity index (χ1n) is 9.85. The number of carbonyl (C=O) groups excluding carboxylic acids is 3. The molecule has 7 nitrogen and oxygen atoms in total. The van der Waals surface area contributed by atoms with Gasteiger partial charge in [0.1, 0.15) is 23.9 Å². The maximum Gasteiger partial charge on any atom is 0.329 e. The summed E-state index contributed by atoms with van der Waals surface area (Å²) in [5.41, 5.74) is 1.22. The number of rotatable bonds is 5. The maximum atomic E-state index is 14.5. The van der Waals surface area contributed by atoms with Gasteiger partial charge in [-0.15, -0.1) is 0 Å². The van der Waals surface area contributed by atoms with Crippen LogP contribution in [0.5, 0.6) is 0 Å². The highest BCUT2D eigenvalue weighted by molar-refractivity contribution is 6.15. The molecule has 4 amide bonds. The smallest absolute Gasteiger partial charge is 0.329 e. The predicted octanol–water partition coefficient (Wildman–Crippen LogP) is 3.10. The van der Waals surface area contributed by atoms with E-state index in [2.05, 4.69) is 10.6 Å². The Morgan fingerprint density at radius 3 is 2.45 bits per heavy atom. The van der Waals surface area contributed by atoms with Crippen molar-refractivity contribution in [2.45, 2.75) is 12.8 Å². The highest BCUT2D eigenvalue weighted by atomic mass is 19.1. The number of benzene rings is 2. The lowest BCUT2D eigenvalue weighted by molar-refractivity contribution is -0.127. The van der Waals surface area contributed by atoms with Crippen molar-refractivity contribution in [1.82, 2.24) is 10.2 Å². The van der Waals surface area contributed by atoms with Crippen molar-refractivity contribution in [2.75, 3.05) is 29.9 Å². The lowest BCUT2D eigenvalue weighted by Crippen LogP contribution is -2.38. The van der Waals surface area contributed by atoms with Gasteiger partial charge >= 0.3 is 6.03 Å². The molecule has 2 aromatic carbocycles. The van der Waals surface area contributed by atoms with Crippen molar-refractivity contribution in [2.24, 2.45) is 0 Å². The first-order valence-corrected chi connectivity index (χ1v) is 9.85. The first-order chi connectivity index (χ1) is 14.9. The summed E-state index contributed by atoms with van der Waals surface area (Å²) >= 11 is 0. The van der Waals surface area contributed by atoms with Crippen LogP contribution in [0.2, 0.25) is 0 Å². The summed E-state index contributed by atoms with van der Waals surface area (Å²) in [6.07, 6.45) is 3.42. The number of carbonyl (C=O) groups is 3. The van der Waals surface area contributed by atoms with Gasteiger partial charge in [-0.3, -0.25) is 9.59 Å². The second-order valence-electron chi connectivity index (χ2n) is 7.34. The lowest BCUT2D eigenvalue weighted by atomic mass is 10.1. The molecular formula is C22H20F2N4O3. The molecule has 9 heteroatoms. The van der Waals surface area contributed by atoms with E-state index in [1.54, 1.807) is 12.1 Å². The van der Waals surface area contributed by atoms with Crippen LogP contribution < -0.4 is 15.5 Å². The molecule has 4 rings (SSSR count). The van der Waals surface area contributed by atoms with Gasteiger partial charge < -0.3 is 15.5 Å². The molecule has 0 saturated carbocycles. The highest BCUT2D eigenvalue weighted by Crippen LogP contribution is 2.25. The topological polar surface area (TPSA) is 81.8 Å². The molecule has 2 N–H and O–H groups in total. The maximum absolute atomic E-state index is 14.5. The Kier molecular flexibility index (Phi) is 5.66. The minimum absolute atomic E-state index is 0.0482. The molecule has 0 aromatic heterocycles. The van der Waals surface area contributed by atoms with E-state index in [4.69, 9.17) is 0 Å². The molecule has 160 valence electrons. The standard InChI is InChI=1S/C22H20F2N4O3/c23-15-4-6-16(7-5-15)25-20(29)13-28-21(30)18(26-22(28)31)12-14-3-8-19(17(24)11-14)27-9-1-2-10-27/h3-8,11-12H,1-2,9-10,13H2,(H,25,29)(H,26,31)/b18-12-. The van der Waals surface area contributed by atoms with Crippen molar-refractivity contribution in [3.63, 3.8) is 0 Å². The van der Waals surface area contributed by atoms with Gasteiger partial charge in [0.05, 0.1) is 5.69 Å². The van der Waals surface area contributed by atoms with Gasteiger partial charge in [-0.05, 0) is 60.9 Å². The van der Waals surface area contributed by atoms with Crippen LogP contribution in [0.25, 0.3) is 6.08 Å².